The molecule has 90 valence electrons. The molecule has 17 heavy (non-hydrogen) atoms. The fourth-order valence-corrected chi connectivity index (χ4v) is 3.10. The van der Waals surface area contributed by atoms with Gasteiger partial charge in [0.15, 0.2) is 0 Å². The van der Waals surface area contributed by atoms with Crippen molar-refractivity contribution in [1.82, 2.24) is 5.32 Å². The van der Waals surface area contributed by atoms with E-state index in [1.54, 1.807) is 11.3 Å². The van der Waals surface area contributed by atoms with E-state index < -0.39 is 0 Å². The second kappa shape index (κ2) is 6.01. The van der Waals surface area contributed by atoms with Crippen molar-refractivity contribution in [3.05, 3.63) is 55.6 Å². The minimum absolute atomic E-state index is 0.327. The summed E-state index contributed by atoms with van der Waals surface area (Å²) in [5, 5.41) is 6.38. The third-order valence-corrected chi connectivity index (χ3v) is 4.52. The molecule has 1 aromatic heterocycles. The molecule has 0 amide bonds. The van der Waals surface area contributed by atoms with Crippen LogP contribution < -0.4 is 5.32 Å². The molecule has 0 aliphatic heterocycles. The Bertz CT molecular complexity index is 480. The van der Waals surface area contributed by atoms with Gasteiger partial charge in [-0.15, -0.1) is 11.3 Å². The van der Waals surface area contributed by atoms with Crippen LogP contribution in [0.3, 0.4) is 0 Å². The largest absolute Gasteiger partial charge is 0.305 e. The van der Waals surface area contributed by atoms with E-state index in [0.717, 1.165) is 16.0 Å². The SMILES string of the molecule is C[C@@H](NCc1cc(Br)cs1)c1ccc(Cl)cc1. The quantitative estimate of drug-likeness (QED) is 0.830. The molecule has 0 spiro atoms. The van der Waals surface area contributed by atoms with E-state index in [1.165, 1.54) is 10.4 Å². The first-order chi connectivity index (χ1) is 8.15. The maximum absolute atomic E-state index is 5.87. The summed E-state index contributed by atoms with van der Waals surface area (Å²) in [6, 6.07) is 10.4. The topological polar surface area (TPSA) is 12.0 Å². The van der Waals surface area contributed by atoms with E-state index in [9.17, 15) is 0 Å². The van der Waals surface area contributed by atoms with E-state index in [-0.39, 0.29) is 0 Å². The molecule has 0 aliphatic carbocycles. The highest BCUT2D eigenvalue weighted by molar-refractivity contribution is 9.10. The minimum atomic E-state index is 0.327. The van der Waals surface area contributed by atoms with Gasteiger partial charge in [-0.25, -0.2) is 0 Å². The van der Waals surface area contributed by atoms with E-state index in [2.05, 4.69) is 51.7 Å². The number of thiophene rings is 1. The Hall–Kier alpha value is -0.350. The maximum atomic E-state index is 5.87. The van der Waals surface area contributed by atoms with Crippen LogP contribution in [-0.4, -0.2) is 0 Å². The Morgan fingerprint density at radius 3 is 2.65 bits per heavy atom. The van der Waals surface area contributed by atoms with Crippen molar-refractivity contribution in [2.24, 2.45) is 0 Å². The zero-order chi connectivity index (χ0) is 12.3. The molecule has 0 saturated heterocycles. The van der Waals surface area contributed by atoms with Crippen molar-refractivity contribution in [1.29, 1.82) is 0 Å². The van der Waals surface area contributed by atoms with E-state index >= 15 is 0 Å². The summed E-state index contributed by atoms with van der Waals surface area (Å²) in [5.41, 5.74) is 1.25. The summed E-state index contributed by atoms with van der Waals surface area (Å²) >= 11 is 11.1. The van der Waals surface area contributed by atoms with Crippen LogP contribution in [0.5, 0.6) is 0 Å². The molecule has 0 aliphatic rings. The molecule has 0 radical (unpaired) electrons. The second-order valence-electron chi connectivity index (χ2n) is 3.89. The van der Waals surface area contributed by atoms with Gasteiger partial charge in [-0.05, 0) is 46.6 Å². The number of nitrogens with one attached hydrogen (secondary N) is 1. The van der Waals surface area contributed by atoms with Crippen molar-refractivity contribution in [2.75, 3.05) is 0 Å². The van der Waals surface area contributed by atoms with Gasteiger partial charge in [-0.2, -0.15) is 0 Å². The monoisotopic (exact) mass is 329 g/mol. The van der Waals surface area contributed by atoms with Gasteiger partial charge < -0.3 is 5.32 Å². The molecular weight excluding hydrogens is 318 g/mol. The molecule has 0 unspecified atom stereocenters. The van der Waals surface area contributed by atoms with Crippen LogP contribution >= 0.6 is 38.9 Å². The van der Waals surface area contributed by atoms with Crippen molar-refractivity contribution in [3.63, 3.8) is 0 Å². The van der Waals surface area contributed by atoms with Gasteiger partial charge in [0.2, 0.25) is 0 Å². The number of hydrogen-bond donors (Lipinski definition) is 1. The number of hydrogen-bond acceptors (Lipinski definition) is 2. The van der Waals surface area contributed by atoms with Gasteiger partial charge in [0.25, 0.3) is 0 Å². The van der Waals surface area contributed by atoms with Gasteiger partial charge >= 0.3 is 0 Å². The van der Waals surface area contributed by atoms with Crippen LogP contribution in [0, 0.1) is 0 Å². The molecule has 1 aromatic carbocycles. The van der Waals surface area contributed by atoms with Crippen LogP contribution in [0.1, 0.15) is 23.4 Å². The Morgan fingerprint density at radius 1 is 1.35 bits per heavy atom. The molecule has 0 fully saturated rings. The third kappa shape index (κ3) is 3.81. The van der Waals surface area contributed by atoms with Crippen molar-refractivity contribution in [2.45, 2.75) is 19.5 Å². The average molecular weight is 331 g/mol. The average Bonchev–Trinajstić information content (AvgIpc) is 2.73. The summed E-state index contributed by atoms with van der Waals surface area (Å²) in [6.07, 6.45) is 0. The van der Waals surface area contributed by atoms with Crippen molar-refractivity contribution >= 4 is 38.9 Å². The summed E-state index contributed by atoms with van der Waals surface area (Å²) in [4.78, 5) is 1.33. The van der Waals surface area contributed by atoms with Crippen LogP contribution in [0.15, 0.2) is 40.2 Å². The van der Waals surface area contributed by atoms with Gasteiger partial charge in [0.05, 0.1) is 0 Å². The highest BCUT2D eigenvalue weighted by Crippen LogP contribution is 2.21. The highest BCUT2D eigenvalue weighted by Gasteiger charge is 2.05. The van der Waals surface area contributed by atoms with E-state index in [4.69, 9.17) is 11.6 Å². The molecular formula is C13H13BrClNS. The lowest BCUT2D eigenvalue weighted by molar-refractivity contribution is 0.579. The lowest BCUT2D eigenvalue weighted by Gasteiger charge is -2.13. The predicted octanol–water partition coefficient (Wildman–Crippen LogP) is 5.01. The zero-order valence-corrected chi connectivity index (χ0v) is 12.6. The predicted molar refractivity (Wildman–Crippen MR) is 78.7 cm³/mol. The molecule has 0 bridgehead atoms. The summed E-state index contributed by atoms with van der Waals surface area (Å²) < 4.78 is 1.15. The Balaban J connectivity index is 1.93. The lowest BCUT2D eigenvalue weighted by Crippen LogP contribution is -2.17. The van der Waals surface area contributed by atoms with Crippen LogP contribution in [-0.2, 0) is 6.54 Å². The van der Waals surface area contributed by atoms with Gasteiger partial charge in [-0.3, -0.25) is 0 Å². The number of rotatable bonds is 4. The Labute approximate surface area is 119 Å². The zero-order valence-electron chi connectivity index (χ0n) is 9.41. The maximum Gasteiger partial charge on any atom is 0.0406 e. The van der Waals surface area contributed by atoms with Gasteiger partial charge in [0, 0.05) is 32.3 Å². The van der Waals surface area contributed by atoms with E-state index in [1.807, 2.05) is 12.1 Å². The number of halogens is 2. The molecule has 1 N–H and O–H groups in total. The van der Waals surface area contributed by atoms with Crippen LogP contribution in [0.4, 0.5) is 0 Å². The molecule has 2 aromatic rings. The molecule has 0 saturated carbocycles. The fourth-order valence-electron chi connectivity index (χ4n) is 1.57. The van der Waals surface area contributed by atoms with Crippen LogP contribution in [0.25, 0.3) is 0 Å². The number of benzene rings is 1. The summed E-state index contributed by atoms with van der Waals surface area (Å²) in [5.74, 6) is 0. The Morgan fingerprint density at radius 2 is 2.06 bits per heavy atom. The summed E-state index contributed by atoms with van der Waals surface area (Å²) in [7, 11) is 0. The first-order valence-corrected chi connectivity index (χ1v) is 7.42. The smallest absolute Gasteiger partial charge is 0.0406 e. The highest BCUT2D eigenvalue weighted by atomic mass is 79.9. The first-order valence-electron chi connectivity index (χ1n) is 5.37. The molecule has 2 rings (SSSR count). The first kappa shape index (κ1) is 13.1. The van der Waals surface area contributed by atoms with Gasteiger partial charge in [0.1, 0.15) is 0 Å². The molecule has 4 heteroatoms. The lowest BCUT2D eigenvalue weighted by atomic mass is 10.1. The molecule has 1 nitrogen and oxygen atoms in total. The van der Waals surface area contributed by atoms with E-state index in [0.29, 0.717) is 6.04 Å². The van der Waals surface area contributed by atoms with Crippen LogP contribution in [0.2, 0.25) is 5.02 Å². The molecule has 1 atom stereocenters. The molecule has 1 heterocycles. The van der Waals surface area contributed by atoms with Crippen molar-refractivity contribution < 1.29 is 0 Å². The standard InChI is InChI=1S/C13H13BrClNS/c1-9(10-2-4-12(15)5-3-10)16-7-13-6-11(14)8-17-13/h2-6,8-9,16H,7H2,1H3/t9-/m1/s1. The van der Waals surface area contributed by atoms with Crippen molar-refractivity contribution in [3.8, 4) is 0 Å². The van der Waals surface area contributed by atoms with Gasteiger partial charge in [-0.1, -0.05) is 23.7 Å². The minimum Gasteiger partial charge on any atom is -0.305 e. The third-order valence-electron chi connectivity index (χ3n) is 2.57. The fraction of sp³-hybridized carbons (Fsp3) is 0.231. The second-order valence-corrected chi connectivity index (χ2v) is 6.23. The summed E-state index contributed by atoms with van der Waals surface area (Å²) in [6.45, 7) is 3.05. The normalized spacial score (nSPS) is 12.6. The Kier molecular flexibility index (Phi) is 4.62.